The molecule has 0 saturated heterocycles. The number of aromatic carboxylic acids is 1. The normalized spacial score (nSPS) is 11.6. The average molecular weight is 318 g/mol. The maximum absolute atomic E-state index is 13.2. The van der Waals surface area contributed by atoms with E-state index >= 15 is 0 Å². The van der Waals surface area contributed by atoms with E-state index in [-0.39, 0.29) is 11.3 Å². The van der Waals surface area contributed by atoms with Crippen LogP contribution < -0.4 is 4.72 Å². The Morgan fingerprint density at radius 2 is 1.86 bits per heavy atom. The van der Waals surface area contributed by atoms with Crippen molar-refractivity contribution in [1.29, 1.82) is 0 Å². The predicted molar refractivity (Wildman–Crippen MR) is 78.1 cm³/mol. The van der Waals surface area contributed by atoms with E-state index in [0.29, 0.717) is 25.9 Å². The SMILES string of the molecule is CCCN(CCC)S(=O)(=O)Nc1cc(F)ccc1C(=O)O. The summed E-state index contributed by atoms with van der Waals surface area (Å²) >= 11 is 0. The number of rotatable bonds is 8. The minimum atomic E-state index is -3.92. The molecule has 0 unspecified atom stereocenters. The zero-order chi connectivity index (χ0) is 16.0. The van der Waals surface area contributed by atoms with E-state index in [1.807, 2.05) is 13.8 Å². The zero-order valence-corrected chi connectivity index (χ0v) is 12.8. The number of carbonyl (C=O) groups is 1. The van der Waals surface area contributed by atoms with Gasteiger partial charge in [0.15, 0.2) is 0 Å². The van der Waals surface area contributed by atoms with Gasteiger partial charge in [0.1, 0.15) is 5.82 Å². The highest BCUT2D eigenvalue weighted by molar-refractivity contribution is 7.90. The summed E-state index contributed by atoms with van der Waals surface area (Å²) < 4.78 is 41.1. The predicted octanol–water partition coefficient (Wildman–Crippen LogP) is 2.30. The van der Waals surface area contributed by atoms with E-state index in [0.717, 1.165) is 18.2 Å². The largest absolute Gasteiger partial charge is 0.478 e. The third kappa shape index (κ3) is 4.68. The molecule has 1 rings (SSSR count). The third-order valence-electron chi connectivity index (χ3n) is 2.74. The molecule has 0 heterocycles. The standard InChI is InChI=1S/C13H19FN2O4S/c1-3-7-16(8-4-2)21(19,20)15-12-9-10(14)5-6-11(12)13(17)18/h5-6,9,15H,3-4,7-8H2,1-2H3,(H,17,18). The molecule has 0 atom stereocenters. The van der Waals surface area contributed by atoms with E-state index < -0.39 is 22.0 Å². The molecule has 0 aliphatic carbocycles. The quantitative estimate of drug-likeness (QED) is 0.770. The average Bonchev–Trinajstić information content (AvgIpc) is 2.37. The van der Waals surface area contributed by atoms with Gasteiger partial charge in [0.2, 0.25) is 0 Å². The van der Waals surface area contributed by atoms with Crippen LogP contribution in [0.2, 0.25) is 0 Å². The minimum absolute atomic E-state index is 0.278. The fraction of sp³-hybridized carbons (Fsp3) is 0.462. The van der Waals surface area contributed by atoms with Gasteiger partial charge in [-0.2, -0.15) is 12.7 Å². The number of halogens is 1. The molecule has 0 amide bonds. The van der Waals surface area contributed by atoms with Gasteiger partial charge in [-0.3, -0.25) is 4.72 Å². The summed E-state index contributed by atoms with van der Waals surface area (Å²) in [5.41, 5.74) is -0.576. The van der Waals surface area contributed by atoms with Crippen LogP contribution in [0.1, 0.15) is 37.0 Å². The van der Waals surface area contributed by atoms with Crippen molar-refractivity contribution in [3.8, 4) is 0 Å². The van der Waals surface area contributed by atoms with E-state index in [1.165, 1.54) is 4.31 Å². The number of carboxylic acid groups (broad SMARTS) is 1. The molecule has 8 heteroatoms. The molecule has 0 radical (unpaired) electrons. The van der Waals surface area contributed by atoms with Crippen molar-refractivity contribution >= 4 is 21.9 Å². The lowest BCUT2D eigenvalue weighted by Gasteiger charge is -2.22. The van der Waals surface area contributed by atoms with Crippen LogP contribution in [-0.2, 0) is 10.2 Å². The highest BCUT2D eigenvalue weighted by atomic mass is 32.2. The van der Waals surface area contributed by atoms with Gasteiger partial charge in [0, 0.05) is 13.1 Å². The first-order valence-electron chi connectivity index (χ1n) is 6.62. The van der Waals surface area contributed by atoms with E-state index in [1.54, 1.807) is 0 Å². The Balaban J connectivity index is 3.13. The zero-order valence-electron chi connectivity index (χ0n) is 12.0. The molecule has 21 heavy (non-hydrogen) atoms. The molecule has 0 bridgehead atoms. The van der Waals surface area contributed by atoms with Crippen LogP contribution in [-0.4, -0.2) is 36.9 Å². The number of hydrogen-bond donors (Lipinski definition) is 2. The van der Waals surface area contributed by atoms with Crippen molar-refractivity contribution in [2.24, 2.45) is 0 Å². The second-order valence-corrected chi connectivity index (χ2v) is 6.17. The van der Waals surface area contributed by atoms with Gasteiger partial charge in [-0.25, -0.2) is 9.18 Å². The number of benzene rings is 1. The molecule has 2 N–H and O–H groups in total. The van der Waals surface area contributed by atoms with Crippen molar-refractivity contribution in [3.05, 3.63) is 29.6 Å². The van der Waals surface area contributed by atoms with Gasteiger partial charge >= 0.3 is 16.2 Å². The lowest BCUT2D eigenvalue weighted by molar-refractivity contribution is 0.0698. The Bertz CT molecular complexity index is 598. The van der Waals surface area contributed by atoms with Crippen molar-refractivity contribution in [2.75, 3.05) is 17.8 Å². The maximum atomic E-state index is 13.2. The topological polar surface area (TPSA) is 86.7 Å². The molecule has 1 aromatic rings. The summed E-state index contributed by atoms with van der Waals surface area (Å²) in [4.78, 5) is 11.1. The molecule has 0 saturated carbocycles. The van der Waals surface area contributed by atoms with Crippen molar-refractivity contribution in [2.45, 2.75) is 26.7 Å². The number of carboxylic acids is 1. The Morgan fingerprint density at radius 1 is 1.29 bits per heavy atom. The summed E-state index contributed by atoms with van der Waals surface area (Å²) in [5.74, 6) is -2.04. The van der Waals surface area contributed by atoms with Gasteiger partial charge in [-0.05, 0) is 31.0 Å². The van der Waals surface area contributed by atoms with E-state index in [4.69, 9.17) is 5.11 Å². The van der Waals surface area contributed by atoms with Crippen molar-refractivity contribution in [1.82, 2.24) is 4.31 Å². The highest BCUT2D eigenvalue weighted by Crippen LogP contribution is 2.20. The lowest BCUT2D eigenvalue weighted by atomic mass is 10.2. The minimum Gasteiger partial charge on any atom is -0.478 e. The summed E-state index contributed by atoms with van der Waals surface area (Å²) in [7, 11) is -3.92. The first-order chi connectivity index (χ1) is 9.81. The Labute approximate surface area is 123 Å². The first-order valence-corrected chi connectivity index (χ1v) is 8.06. The second-order valence-electron chi connectivity index (χ2n) is 4.50. The number of hydrogen-bond acceptors (Lipinski definition) is 3. The smallest absolute Gasteiger partial charge is 0.337 e. The Hall–Kier alpha value is -1.67. The summed E-state index contributed by atoms with van der Waals surface area (Å²) in [5, 5.41) is 9.03. The van der Waals surface area contributed by atoms with Gasteiger partial charge in [-0.15, -0.1) is 0 Å². The fourth-order valence-electron chi connectivity index (χ4n) is 1.84. The molecule has 118 valence electrons. The molecule has 0 spiro atoms. The van der Waals surface area contributed by atoms with Crippen LogP contribution in [0.5, 0.6) is 0 Å². The summed E-state index contributed by atoms with van der Waals surface area (Å²) in [6, 6.07) is 2.85. The Kier molecular flexibility index (Phi) is 6.10. The first kappa shape index (κ1) is 17.4. The highest BCUT2D eigenvalue weighted by Gasteiger charge is 2.23. The third-order valence-corrected chi connectivity index (χ3v) is 4.26. The molecule has 0 aliphatic heterocycles. The molecule has 0 aromatic heterocycles. The van der Waals surface area contributed by atoms with Crippen molar-refractivity contribution in [3.63, 3.8) is 0 Å². The second kappa shape index (κ2) is 7.37. The Morgan fingerprint density at radius 3 is 2.33 bits per heavy atom. The molecular weight excluding hydrogens is 299 g/mol. The van der Waals surface area contributed by atoms with Crippen LogP contribution in [0, 0.1) is 5.82 Å². The molecule has 6 nitrogen and oxygen atoms in total. The number of anilines is 1. The van der Waals surface area contributed by atoms with Crippen LogP contribution in [0.15, 0.2) is 18.2 Å². The lowest BCUT2D eigenvalue weighted by Crippen LogP contribution is -2.37. The van der Waals surface area contributed by atoms with Gasteiger partial charge in [0.05, 0.1) is 11.3 Å². The molecule has 0 aliphatic rings. The summed E-state index contributed by atoms with van der Waals surface area (Å²) in [6.07, 6.45) is 1.24. The summed E-state index contributed by atoms with van der Waals surface area (Å²) in [6.45, 7) is 4.29. The van der Waals surface area contributed by atoms with Crippen LogP contribution >= 0.6 is 0 Å². The van der Waals surface area contributed by atoms with Crippen LogP contribution in [0.25, 0.3) is 0 Å². The van der Waals surface area contributed by atoms with Crippen molar-refractivity contribution < 1.29 is 22.7 Å². The monoisotopic (exact) mass is 318 g/mol. The van der Waals surface area contributed by atoms with Gasteiger partial charge in [-0.1, -0.05) is 13.8 Å². The van der Waals surface area contributed by atoms with Gasteiger partial charge in [0.25, 0.3) is 0 Å². The van der Waals surface area contributed by atoms with Crippen LogP contribution in [0.4, 0.5) is 10.1 Å². The van der Waals surface area contributed by atoms with Crippen LogP contribution in [0.3, 0.4) is 0 Å². The fourth-order valence-corrected chi connectivity index (χ4v) is 3.26. The number of nitrogens with zero attached hydrogens (tertiary/aromatic N) is 1. The van der Waals surface area contributed by atoms with E-state index in [2.05, 4.69) is 4.72 Å². The number of nitrogens with one attached hydrogen (secondary N) is 1. The van der Waals surface area contributed by atoms with E-state index in [9.17, 15) is 17.6 Å². The maximum Gasteiger partial charge on any atom is 0.337 e. The molecular formula is C13H19FN2O4S. The molecule has 0 fully saturated rings. The van der Waals surface area contributed by atoms with Gasteiger partial charge < -0.3 is 5.11 Å². The molecule has 1 aromatic carbocycles.